The van der Waals surface area contributed by atoms with Crippen LogP contribution in [0.3, 0.4) is 0 Å². The lowest BCUT2D eigenvalue weighted by molar-refractivity contribution is -0.129. The maximum absolute atomic E-state index is 12.4. The maximum atomic E-state index is 12.4. The molecule has 0 aliphatic rings. The van der Waals surface area contributed by atoms with Crippen molar-refractivity contribution in [1.29, 1.82) is 0 Å². The first-order valence-corrected chi connectivity index (χ1v) is 9.63. The zero-order valence-electron chi connectivity index (χ0n) is 17.0. The second-order valence-corrected chi connectivity index (χ2v) is 6.99. The summed E-state index contributed by atoms with van der Waals surface area (Å²) in [6, 6.07) is 11.8. The molecule has 1 amide bonds. The number of carbonyl (C=O) groups is 2. The lowest BCUT2D eigenvalue weighted by atomic mass is 9.96. The van der Waals surface area contributed by atoms with Crippen LogP contribution in [-0.2, 0) is 9.53 Å². The normalized spacial score (nSPS) is 13.1. The molecule has 29 heavy (non-hydrogen) atoms. The average Bonchev–Trinajstić information content (AvgIpc) is 3.13. The van der Waals surface area contributed by atoms with Crippen LogP contribution >= 0.6 is 0 Å². The van der Waals surface area contributed by atoms with Gasteiger partial charge in [0.2, 0.25) is 0 Å². The van der Waals surface area contributed by atoms with Crippen LogP contribution < -0.4 is 5.32 Å². The van der Waals surface area contributed by atoms with E-state index in [9.17, 15) is 9.59 Å². The fourth-order valence-corrected chi connectivity index (χ4v) is 3.11. The standard InChI is InChI=1S/C21H25N5O3/c1-5-16(17-9-7-6-8-10-17)12-22-19(27)15(4)29-20(28)18-24-21-23-13(2)11-14(3)26(21)25-18/h6-11,15-16H,5,12H2,1-4H3,(H,22,27)/t15-,16-/m0/s1. The summed E-state index contributed by atoms with van der Waals surface area (Å²) in [5.41, 5.74) is 2.74. The van der Waals surface area contributed by atoms with Gasteiger partial charge in [-0.25, -0.2) is 14.3 Å². The first-order chi connectivity index (χ1) is 13.9. The Hall–Kier alpha value is -3.29. The molecule has 0 unspecified atom stereocenters. The van der Waals surface area contributed by atoms with Gasteiger partial charge in [0.1, 0.15) is 0 Å². The molecular formula is C21H25N5O3. The number of carbonyl (C=O) groups excluding carboxylic acids is 2. The molecule has 3 aromatic rings. The molecule has 8 nitrogen and oxygen atoms in total. The Labute approximate surface area is 169 Å². The van der Waals surface area contributed by atoms with Crippen molar-refractivity contribution in [2.24, 2.45) is 0 Å². The highest BCUT2D eigenvalue weighted by molar-refractivity contribution is 5.89. The molecule has 0 fully saturated rings. The van der Waals surface area contributed by atoms with E-state index in [2.05, 4.69) is 27.3 Å². The molecule has 3 rings (SSSR count). The summed E-state index contributed by atoms with van der Waals surface area (Å²) in [7, 11) is 0. The molecule has 1 aromatic carbocycles. The third-order valence-corrected chi connectivity index (χ3v) is 4.74. The molecule has 8 heteroatoms. The van der Waals surface area contributed by atoms with Crippen molar-refractivity contribution in [3.05, 3.63) is 59.2 Å². The Morgan fingerprint density at radius 2 is 1.90 bits per heavy atom. The third kappa shape index (κ3) is 4.77. The topological polar surface area (TPSA) is 98.5 Å². The van der Waals surface area contributed by atoms with Crippen LogP contribution in [0.5, 0.6) is 0 Å². The van der Waals surface area contributed by atoms with Gasteiger partial charge in [0.05, 0.1) is 0 Å². The van der Waals surface area contributed by atoms with E-state index in [1.54, 1.807) is 0 Å². The van der Waals surface area contributed by atoms with Gasteiger partial charge in [0.25, 0.3) is 17.5 Å². The Balaban J connectivity index is 1.60. The van der Waals surface area contributed by atoms with Crippen LogP contribution in [0, 0.1) is 13.8 Å². The highest BCUT2D eigenvalue weighted by Crippen LogP contribution is 2.18. The SMILES string of the molecule is CC[C@@H](CNC(=O)[C@H](C)OC(=O)c1nc2nc(C)cc(C)n2n1)c1ccccc1. The molecule has 0 saturated heterocycles. The lowest BCUT2D eigenvalue weighted by Gasteiger charge is -2.18. The van der Waals surface area contributed by atoms with Crippen molar-refractivity contribution in [2.45, 2.75) is 46.1 Å². The number of hydrogen-bond acceptors (Lipinski definition) is 6. The van der Waals surface area contributed by atoms with Gasteiger partial charge in [-0.15, -0.1) is 5.10 Å². The Bertz CT molecular complexity index is 1020. The smallest absolute Gasteiger partial charge is 0.379 e. The molecular weight excluding hydrogens is 370 g/mol. The van der Waals surface area contributed by atoms with Crippen molar-refractivity contribution in [3.8, 4) is 0 Å². The number of benzene rings is 1. The number of aromatic nitrogens is 4. The molecule has 0 saturated carbocycles. The molecule has 0 radical (unpaired) electrons. The van der Waals surface area contributed by atoms with Crippen LogP contribution in [0.1, 0.15) is 53.8 Å². The van der Waals surface area contributed by atoms with Crippen molar-refractivity contribution in [2.75, 3.05) is 6.54 Å². The van der Waals surface area contributed by atoms with E-state index in [1.807, 2.05) is 50.2 Å². The maximum Gasteiger partial charge on any atom is 0.379 e. The number of rotatable bonds is 7. The van der Waals surface area contributed by atoms with Gasteiger partial charge in [-0.3, -0.25) is 4.79 Å². The van der Waals surface area contributed by atoms with Crippen molar-refractivity contribution < 1.29 is 14.3 Å². The largest absolute Gasteiger partial charge is 0.447 e. The van der Waals surface area contributed by atoms with E-state index < -0.39 is 12.1 Å². The predicted molar refractivity (Wildman–Crippen MR) is 108 cm³/mol. The first-order valence-electron chi connectivity index (χ1n) is 9.63. The lowest BCUT2D eigenvalue weighted by Crippen LogP contribution is -2.38. The van der Waals surface area contributed by atoms with Crippen LogP contribution in [0.25, 0.3) is 5.78 Å². The Morgan fingerprint density at radius 1 is 1.17 bits per heavy atom. The van der Waals surface area contributed by atoms with Crippen molar-refractivity contribution >= 4 is 17.7 Å². The van der Waals surface area contributed by atoms with Gasteiger partial charge in [-0.2, -0.15) is 4.98 Å². The van der Waals surface area contributed by atoms with Gasteiger partial charge >= 0.3 is 5.97 Å². The fraction of sp³-hybridized carbons (Fsp3) is 0.381. The summed E-state index contributed by atoms with van der Waals surface area (Å²) in [5, 5.41) is 6.99. The number of fused-ring (bicyclic) bond motifs is 1. The van der Waals surface area contributed by atoms with Gasteiger partial charge in [-0.1, -0.05) is 37.3 Å². The third-order valence-electron chi connectivity index (χ3n) is 4.74. The zero-order chi connectivity index (χ0) is 21.0. The van der Waals surface area contributed by atoms with E-state index in [1.165, 1.54) is 11.4 Å². The number of nitrogens with zero attached hydrogens (tertiary/aromatic N) is 4. The van der Waals surface area contributed by atoms with Gasteiger partial charge in [-0.05, 0) is 38.8 Å². The minimum Gasteiger partial charge on any atom is -0.447 e. The minimum absolute atomic E-state index is 0.124. The summed E-state index contributed by atoms with van der Waals surface area (Å²) < 4.78 is 6.72. The van der Waals surface area contributed by atoms with Crippen LogP contribution in [-0.4, -0.2) is 44.1 Å². The van der Waals surface area contributed by atoms with Crippen LogP contribution in [0.2, 0.25) is 0 Å². The highest BCUT2D eigenvalue weighted by Gasteiger charge is 2.23. The second-order valence-electron chi connectivity index (χ2n) is 6.99. The number of nitrogens with one attached hydrogen (secondary N) is 1. The quantitative estimate of drug-likeness (QED) is 0.618. The molecule has 0 bridgehead atoms. The minimum atomic E-state index is -0.960. The summed E-state index contributed by atoms with van der Waals surface area (Å²) in [4.78, 5) is 33.1. The molecule has 0 aliphatic carbocycles. The summed E-state index contributed by atoms with van der Waals surface area (Å²) in [5.74, 6) is -0.728. The van der Waals surface area contributed by atoms with E-state index in [0.29, 0.717) is 12.3 Å². The molecule has 152 valence electrons. The van der Waals surface area contributed by atoms with Gasteiger partial charge < -0.3 is 10.1 Å². The molecule has 0 aliphatic heterocycles. The summed E-state index contributed by atoms with van der Waals surface area (Å²) in [6.45, 7) is 7.75. The summed E-state index contributed by atoms with van der Waals surface area (Å²) in [6.07, 6.45) is -0.0757. The average molecular weight is 395 g/mol. The monoisotopic (exact) mass is 395 g/mol. The molecule has 1 N–H and O–H groups in total. The van der Waals surface area contributed by atoms with E-state index >= 15 is 0 Å². The Kier molecular flexibility index (Phi) is 6.21. The van der Waals surface area contributed by atoms with Gasteiger partial charge in [0, 0.05) is 23.9 Å². The van der Waals surface area contributed by atoms with Crippen molar-refractivity contribution in [3.63, 3.8) is 0 Å². The molecule has 2 aromatic heterocycles. The Morgan fingerprint density at radius 3 is 2.59 bits per heavy atom. The highest BCUT2D eigenvalue weighted by atomic mass is 16.5. The predicted octanol–water partition coefficient (Wildman–Crippen LogP) is 2.60. The number of ether oxygens (including phenoxy) is 1. The van der Waals surface area contributed by atoms with Crippen molar-refractivity contribution in [1.82, 2.24) is 24.9 Å². The van der Waals surface area contributed by atoms with Crippen LogP contribution in [0.15, 0.2) is 36.4 Å². The molecule has 0 spiro atoms. The second kappa shape index (κ2) is 8.81. The number of hydrogen-bond donors (Lipinski definition) is 1. The van der Waals surface area contributed by atoms with E-state index in [-0.39, 0.29) is 17.6 Å². The zero-order valence-corrected chi connectivity index (χ0v) is 17.0. The van der Waals surface area contributed by atoms with E-state index in [0.717, 1.165) is 23.4 Å². The number of aryl methyl sites for hydroxylation is 2. The molecule has 2 heterocycles. The molecule has 2 atom stereocenters. The number of amides is 1. The fourth-order valence-electron chi connectivity index (χ4n) is 3.11. The summed E-state index contributed by atoms with van der Waals surface area (Å²) >= 11 is 0. The first kappa shape index (κ1) is 20.4. The van der Waals surface area contributed by atoms with E-state index in [4.69, 9.17) is 4.74 Å². The van der Waals surface area contributed by atoms with Gasteiger partial charge in [0.15, 0.2) is 6.10 Å². The van der Waals surface area contributed by atoms with Crippen LogP contribution in [0.4, 0.5) is 0 Å². The number of esters is 1.